The fourth-order valence-corrected chi connectivity index (χ4v) is 3.61. The van der Waals surface area contributed by atoms with Crippen LogP contribution >= 0.6 is 0 Å². The predicted molar refractivity (Wildman–Crippen MR) is 128 cm³/mol. The maximum Gasteiger partial charge on any atom is 0.246 e. The van der Waals surface area contributed by atoms with E-state index >= 15 is 0 Å². The normalized spacial score (nSPS) is 11.6. The molecule has 3 aromatic carbocycles. The standard InChI is InChI=1S/C26H29N3O3/c1-4-19-11-8-9-16-23(19)28-24(30)18-29(2)25(20-12-6-5-7-13-20)26(31)27-21-14-10-15-22(17-21)32-3/h5-17,25H,4,18H2,1-3H3,(H,27,31)(H,28,30). The van der Waals surface area contributed by atoms with Gasteiger partial charge >= 0.3 is 0 Å². The van der Waals surface area contributed by atoms with E-state index in [-0.39, 0.29) is 18.4 Å². The van der Waals surface area contributed by atoms with Gasteiger partial charge in [0.15, 0.2) is 0 Å². The summed E-state index contributed by atoms with van der Waals surface area (Å²) in [5.74, 6) is 0.249. The Bertz CT molecular complexity index is 1050. The van der Waals surface area contributed by atoms with E-state index in [1.54, 1.807) is 31.2 Å². The highest BCUT2D eigenvalue weighted by Gasteiger charge is 2.27. The highest BCUT2D eigenvalue weighted by Crippen LogP contribution is 2.24. The summed E-state index contributed by atoms with van der Waals surface area (Å²) in [6.07, 6.45) is 0.821. The predicted octanol–water partition coefficient (Wildman–Crippen LogP) is 4.51. The Morgan fingerprint density at radius 3 is 2.38 bits per heavy atom. The summed E-state index contributed by atoms with van der Waals surface area (Å²) in [4.78, 5) is 27.8. The van der Waals surface area contributed by atoms with E-state index in [2.05, 4.69) is 10.6 Å². The zero-order valence-electron chi connectivity index (χ0n) is 18.7. The van der Waals surface area contributed by atoms with Crippen molar-refractivity contribution in [3.63, 3.8) is 0 Å². The number of hydrogen-bond donors (Lipinski definition) is 2. The molecule has 0 aliphatic rings. The number of hydrogen-bond acceptors (Lipinski definition) is 4. The second-order valence-electron chi connectivity index (χ2n) is 7.51. The van der Waals surface area contributed by atoms with Gasteiger partial charge in [0.2, 0.25) is 11.8 Å². The molecule has 166 valence electrons. The Balaban J connectivity index is 1.77. The number of benzene rings is 3. The molecule has 0 spiro atoms. The van der Waals surface area contributed by atoms with Crippen molar-refractivity contribution in [3.05, 3.63) is 90.0 Å². The molecule has 6 heteroatoms. The van der Waals surface area contributed by atoms with Gasteiger partial charge in [-0.15, -0.1) is 0 Å². The first-order valence-electron chi connectivity index (χ1n) is 10.6. The Morgan fingerprint density at radius 2 is 1.66 bits per heavy atom. The number of aryl methyl sites for hydroxylation is 1. The van der Waals surface area contributed by atoms with E-state index in [9.17, 15) is 9.59 Å². The molecule has 0 bridgehead atoms. The average Bonchev–Trinajstić information content (AvgIpc) is 2.80. The van der Waals surface area contributed by atoms with Crippen LogP contribution in [0.15, 0.2) is 78.9 Å². The van der Waals surface area contributed by atoms with Crippen molar-refractivity contribution in [2.24, 2.45) is 0 Å². The van der Waals surface area contributed by atoms with Crippen LogP contribution in [-0.4, -0.2) is 37.4 Å². The van der Waals surface area contributed by atoms with Gasteiger partial charge in [0.25, 0.3) is 0 Å². The Hall–Kier alpha value is -3.64. The zero-order chi connectivity index (χ0) is 22.9. The fraction of sp³-hybridized carbons (Fsp3) is 0.231. The van der Waals surface area contributed by atoms with Crippen molar-refractivity contribution in [1.29, 1.82) is 0 Å². The van der Waals surface area contributed by atoms with Crippen molar-refractivity contribution in [3.8, 4) is 5.75 Å². The maximum absolute atomic E-state index is 13.3. The van der Waals surface area contributed by atoms with Gasteiger partial charge in [-0.05, 0) is 42.8 Å². The van der Waals surface area contributed by atoms with Crippen molar-refractivity contribution >= 4 is 23.2 Å². The molecule has 0 saturated carbocycles. The molecule has 3 rings (SSSR count). The second kappa shape index (κ2) is 11.1. The lowest BCUT2D eigenvalue weighted by Crippen LogP contribution is -2.39. The van der Waals surface area contributed by atoms with Gasteiger partial charge in [0.05, 0.1) is 13.7 Å². The van der Waals surface area contributed by atoms with Crippen molar-refractivity contribution in [2.45, 2.75) is 19.4 Å². The van der Waals surface area contributed by atoms with Gasteiger partial charge in [-0.1, -0.05) is 61.5 Å². The minimum atomic E-state index is -0.644. The molecule has 32 heavy (non-hydrogen) atoms. The molecule has 0 radical (unpaired) electrons. The van der Waals surface area contributed by atoms with Crippen molar-refractivity contribution in [1.82, 2.24) is 4.90 Å². The van der Waals surface area contributed by atoms with E-state index < -0.39 is 6.04 Å². The number of nitrogens with one attached hydrogen (secondary N) is 2. The average molecular weight is 432 g/mol. The number of carbonyl (C=O) groups is 2. The molecule has 1 unspecified atom stereocenters. The molecule has 2 N–H and O–H groups in total. The zero-order valence-corrected chi connectivity index (χ0v) is 18.7. The number of anilines is 2. The number of carbonyl (C=O) groups excluding carboxylic acids is 2. The lowest BCUT2D eigenvalue weighted by Gasteiger charge is -2.27. The molecule has 0 heterocycles. The first-order valence-corrected chi connectivity index (χ1v) is 10.6. The van der Waals surface area contributed by atoms with Crippen molar-refractivity contribution < 1.29 is 14.3 Å². The monoisotopic (exact) mass is 431 g/mol. The summed E-state index contributed by atoms with van der Waals surface area (Å²) in [6.45, 7) is 2.11. The van der Waals surface area contributed by atoms with Crippen LogP contribution in [0.2, 0.25) is 0 Å². The summed E-state index contributed by atoms with van der Waals surface area (Å²) in [5, 5.41) is 5.92. The summed E-state index contributed by atoms with van der Waals surface area (Å²) in [6, 6.07) is 23.7. The van der Waals surface area contributed by atoms with E-state index in [4.69, 9.17) is 4.74 Å². The third-order valence-corrected chi connectivity index (χ3v) is 5.21. The lowest BCUT2D eigenvalue weighted by molar-refractivity contribution is -0.123. The second-order valence-corrected chi connectivity index (χ2v) is 7.51. The Labute approximate surface area is 189 Å². The largest absolute Gasteiger partial charge is 0.497 e. The molecule has 0 aromatic heterocycles. The molecule has 2 amide bonds. The fourth-order valence-electron chi connectivity index (χ4n) is 3.61. The Morgan fingerprint density at radius 1 is 0.938 bits per heavy atom. The minimum absolute atomic E-state index is 0.0587. The number of para-hydroxylation sites is 1. The van der Waals surface area contributed by atoms with Gasteiger partial charge in [0, 0.05) is 17.4 Å². The van der Waals surface area contributed by atoms with E-state index in [0.717, 1.165) is 23.2 Å². The molecule has 0 saturated heterocycles. The van der Waals surface area contributed by atoms with E-state index in [1.165, 1.54) is 0 Å². The number of amides is 2. The molecule has 0 aliphatic carbocycles. The van der Waals surface area contributed by atoms with Crippen LogP contribution in [0.5, 0.6) is 5.75 Å². The highest BCUT2D eigenvalue weighted by molar-refractivity contribution is 5.97. The number of nitrogens with zero attached hydrogens (tertiary/aromatic N) is 1. The van der Waals surface area contributed by atoms with Crippen LogP contribution in [0.1, 0.15) is 24.1 Å². The molecule has 0 aliphatic heterocycles. The van der Waals surface area contributed by atoms with Gasteiger partial charge in [-0.2, -0.15) is 0 Å². The summed E-state index contributed by atoms with van der Waals surface area (Å²) < 4.78 is 5.24. The Kier molecular flexibility index (Phi) is 8.00. The van der Waals surface area contributed by atoms with Crippen molar-refractivity contribution in [2.75, 3.05) is 31.3 Å². The van der Waals surface area contributed by atoms with Crippen LogP contribution in [0, 0.1) is 0 Å². The van der Waals surface area contributed by atoms with Gasteiger partial charge in [-0.25, -0.2) is 0 Å². The third-order valence-electron chi connectivity index (χ3n) is 5.21. The number of methoxy groups -OCH3 is 1. The topological polar surface area (TPSA) is 70.7 Å². The summed E-state index contributed by atoms with van der Waals surface area (Å²) in [5.41, 5.74) is 3.30. The minimum Gasteiger partial charge on any atom is -0.497 e. The molecule has 1 atom stereocenters. The van der Waals surface area contributed by atoms with Crippen LogP contribution in [0.4, 0.5) is 11.4 Å². The quantitative estimate of drug-likeness (QED) is 0.523. The number of rotatable bonds is 9. The highest BCUT2D eigenvalue weighted by atomic mass is 16.5. The maximum atomic E-state index is 13.3. The van der Waals surface area contributed by atoms with Crippen LogP contribution in [-0.2, 0) is 16.0 Å². The first kappa shape index (κ1) is 23.0. The smallest absolute Gasteiger partial charge is 0.246 e. The molecular weight excluding hydrogens is 402 g/mol. The van der Waals surface area contributed by atoms with Gasteiger partial charge < -0.3 is 15.4 Å². The summed E-state index contributed by atoms with van der Waals surface area (Å²) in [7, 11) is 3.35. The third kappa shape index (κ3) is 5.95. The van der Waals surface area contributed by atoms with Crippen LogP contribution in [0.3, 0.4) is 0 Å². The van der Waals surface area contributed by atoms with Crippen LogP contribution in [0.25, 0.3) is 0 Å². The number of likely N-dealkylation sites (N-methyl/N-ethyl adjacent to an activating group) is 1. The molecule has 6 nitrogen and oxygen atoms in total. The van der Waals surface area contributed by atoms with Gasteiger partial charge in [0.1, 0.15) is 11.8 Å². The number of ether oxygens (including phenoxy) is 1. The SMILES string of the molecule is CCc1ccccc1NC(=O)CN(C)C(C(=O)Nc1cccc(OC)c1)c1ccccc1. The lowest BCUT2D eigenvalue weighted by atomic mass is 10.0. The molecule has 0 fully saturated rings. The van der Waals surface area contributed by atoms with Gasteiger partial charge in [-0.3, -0.25) is 14.5 Å². The van der Waals surface area contributed by atoms with E-state index in [1.807, 2.05) is 73.7 Å². The summed E-state index contributed by atoms with van der Waals surface area (Å²) >= 11 is 0. The molecular formula is C26H29N3O3. The molecule has 3 aromatic rings. The van der Waals surface area contributed by atoms with E-state index in [0.29, 0.717) is 11.4 Å². The first-order chi connectivity index (χ1) is 15.5. The van der Waals surface area contributed by atoms with Crippen LogP contribution < -0.4 is 15.4 Å².